The van der Waals surface area contributed by atoms with E-state index in [0.29, 0.717) is 17.0 Å². The first-order chi connectivity index (χ1) is 15.6. The number of anilines is 1. The Kier molecular flexibility index (Phi) is 4.40. The smallest absolute Gasteiger partial charge is 0.259 e. The Morgan fingerprint density at radius 2 is 1.84 bits per heavy atom. The highest BCUT2D eigenvalue weighted by atomic mass is 32.2. The number of carbonyl (C=O) groups is 1. The van der Waals surface area contributed by atoms with E-state index in [1.807, 2.05) is 47.4 Å². The lowest BCUT2D eigenvalue weighted by molar-refractivity contribution is 0.0982. The second-order valence-corrected chi connectivity index (χ2v) is 9.16. The Balaban J connectivity index is 1.41. The van der Waals surface area contributed by atoms with Gasteiger partial charge in [-0.15, -0.1) is 0 Å². The number of nitrogens with zero attached hydrogens (tertiary/aromatic N) is 3. The SMILES string of the molecule is Cc1ccc(-c2nc(-c3ccc4c(c3)Sc3ccccc3C(=O)N4C3CC3)no2)cc1F. The van der Waals surface area contributed by atoms with Crippen LogP contribution in [0.4, 0.5) is 10.1 Å². The van der Waals surface area contributed by atoms with Gasteiger partial charge in [0.25, 0.3) is 11.8 Å². The molecule has 0 radical (unpaired) electrons. The maximum absolute atomic E-state index is 14.0. The van der Waals surface area contributed by atoms with E-state index in [1.54, 1.807) is 30.8 Å². The zero-order chi connectivity index (χ0) is 21.8. The normalized spacial score (nSPS) is 15.3. The number of hydrogen-bond acceptors (Lipinski definition) is 5. The van der Waals surface area contributed by atoms with Crippen molar-refractivity contribution in [2.24, 2.45) is 0 Å². The third-order valence-corrected chi connectivity index (χ3v) is 6.91. The molecule has 1 aromatic heterocycles. The fraction of sp³-hybridized carbons (Fsp3) is 0.160. The molecule has 0 atom stereocenters. The lowest BCUT2D eigenvalue weighted by Gasteiger charge is -2.22. The minimum absolute atomic E-state index is 0.0466. The molecule has 1 amide bonds. The Morgan fingerprint density at radius 3 is 2.66 bits per heavy atom. The van der Waals surface area contributed by atoms with Gasteiger partial charge in [-0.2, -0.15) is 4.98 Å². The fourth-order valence-corrected chi connectivity index (χ4v) is 5.01. The summed E-state index contributed by atoms with van der Waals surface area (Å²) in [4.78, 5) is 21.6. The average Bonchev–Trinajstić information content (AvgIpc) is 3.53. The van der Waals surface area contributed by atoms with E-state index in [4.69, 9.17) is 4.52 Å². The summed E-state index contributed by atoms with van der Waals surface area (Å²) in [5.74, 6) is 0.422. The minimum Gasteiger partial charge on any atom is -0.334 e. The van der Waals surface area contributed by atoms with Crippen LogP contribution < -0.4 is 4.90 Å². The Bertz CT molecular complexity index is 1380. The number of amides is 1. The summed E-state index contributed by atoms with van der Waals surface area (Å²) in [5, 5.41) is 4.11. The molecule has 0 N–H and O–H groups in total. The average molecular weight is 444 g/mol. The number of fused-ring (bicyclic) bond motifs is 2. The molecule has 32 heavy (non-hydrogen) atoms. The topological polar surface area (TPSA) is 59.2 Å². The lowest BCUT2D eigenvalue weighted by Crippen LogP contribution is -2.32. The van der Waals surface area contributed by atoms with Gasteiger partial charge >= 0.3 is 0 Å². The van der Waals surface area contributed by atoms with Gasteiger partial charge in [-0.25, -0.2) is 4.39 Å². The molecule has 1 saturated carbocycles. The molecule has 2 heterocycles. The summed E-state index contributed by atoms with van der Waals surface area (Å²) in [6, 6.07) is 18.7. The van der Waals surface area contributed by atoms with Crippen molar-refractivity contribution < 1.29 is 13.7 Å². The summed E-state index contributed by atoms with van der Waals surface area (Å²) in [6.45, 7) is 1.71. The van der Waals surface area contributed by atoms with Crippen molar-refractivity contribution in [1.29, 1.82) is 0 Å². The molecule has 2 aliphatic rings. The molecule has 0 spiro atoms. The number of halogens is 1. The van der Waals surface area contributed by atoms with Crippen LogP contribution in [0, 0.1) is 12.7 Å². The van der Waals surface area contributed by atoms with Crippen LogP contribution in [0.3, 0.4) is 0 Å². The lowest BCUT2D eigenvalue weighted by atomic mass is 10.1. The Hall–Kier alpha value is -3.45. The zero-order valence-corrected chi connectivity index (χ0v) is 18.0. The molecule has 0 saturated heterocycles. The van der Waals surface area contributed by atoms with Gasteiger partial charge in [0.2, 0.25) is 5.82 Å². The van der Waals surface area contributed by atoms with E-state index >= 15 is 0 Å². The first-order valence-corrected chi connectivity index (χ1v) is 11.3. The number of hydrogen-bond donors (Lipinski definition) is 0. The standard InChI is InChI=1S/C25H18FN3O2S/c1-14-6-7-16(12-19(14)26)24-27-23(28-31-24)15-8-11-20-22(13-15)32-21-5-3-2-4-18(21)25(30)29(20)17-9-10-17/h2-8,11-13,17H,9-10H2,1H3. The van der Waals surface area contributed by atoms with Gasteiger partial charge in [0.05, 0.1) is 11.3 Å². The minimum atomic E-state index is -0.313. The summed E-state index contributed by atoms with van der Waals surface area (Å²) < 4.78 is 19.4. The van der Waals surface area contributed by atoms with Crippen LogP contribution in [0.5, 0.6) is 0 Å². The number of aryl methyl sites for hydroxylation is 1. The van der Waals surface area contributed by atoms with Gasteiger partial charge in [-0.3, -0.25) is 4.79 Å². The summed E-state index contributed by atoms with van der Waals surface area (Å²) >= 11 is 1.57. The maximum atomic E-state index is 14.0. The van der Waals surface area contributed by atoms with Crippen LogP contribution in [0.25, 0.3) is 22.8 Å². The largest absolute Gasteiger partial charge is 0.334 e. The molecule has 7 heteroatoms. The van der Waals surface area contributed by atoms with Crippen LogP contribution >= 0.6 is 11.8 Å². The van der Waals surface area contributed by atoms with Crippen LogP contribution in [0.1, 0.15) is 28.8 Å². The molecule has 6 rings (SSSR count). The van der Waals surface area contributed by atoms with E-state index in [9.17, 15) is 9.18 Å². The zero-order valence-electron chi connectivity index (χ0n) is 17.2. The van der Waals surface area contributed by atoms with Crippen LogP contribution in [0.2, 0.25) is 0 Å². The first kappa shape index (κ1) is 19.3. The molecule has 0 bridgehead atoms. The molecule has 0 unspecified atom stereocenters. The highest BCUT2D eigenvalue weighted by molar-refractivity contribution is 7.99. The van der Waals surface area contributed by atoms with Crippen molar-refractivity contribution in [1.82, 2.24) is 10.1 Å². The van der Waals surface area contributed by atoms with Crippen LogP contribution in [-0.4, -0.2) is 22.1 Å². The van der Waals surface area contributed by atoms with E-state index in [2.05, 4.69) is 10.1 Å². The summed E-state index contributed by atoms with van der Waals surface area (Å²) in [6.07, 6.45) is 2.03. The quantitative estimate of drug-likeness (QED) is 0.381. The molecule has 1 fully saturated rings. The van der Waals surface area contributed by atoms with Gasteiger partial charge in [0.1, 0.15) is 5.82 Å². The Morgan fingerprint density at radius 1 is 1.03 bits per heavy atom. The molecule has 5 nitrogen and oxygen atoms in total. The first-order valence-electron chi connectivity index (χ1n) is 10.4. The fourth-order valence-electron chi connectivity index (χ4n) is 3.90. The molecule has 158 valence electrons. The summed E-state index contributed by atoms with van der Waals surface area (Å²) in [7, 11) is 0. The van der Waals surface area contributed by atoms with Crippen molar-refractivity contribution in [3.05, 3.63) is 77.6 Å². The molecule has 1 aliphatic heterocycles. The molecular formula is C25H18FN3O2S. The monoisotopic (exact) mass is 443 g/mol. The van der Waals surface area contributed by atoms with Gasteiger partial charge < -0.3 is 9.42 Å². The van der Waals surface area contributed by atoms with Crippen molar-refractivity contribution in [3.8, 4) is 22.8 Å². The van der Waals surface area contributed by atoms with Crippen molar-refractivity contribution in [2.75, 3.05) is 4.90 Å². The highest BCUT2D eigenvalue weighted by Gasteiger charge is 2.38. The predicted octanol–water partition coefficient (Wildman–Crippen LogP) is 6.12. The van der Waals surface area contributed by atoms with E-state index in [1.165, 1.54) is 6.07 Å². The second kappa shape index (κ2) is 7.31. The van der Waals surface area contributed by atoms with Gasteiger partial charge in [0, 0.05) is 27.0 Å². The number of carbonyl (C=O) groups excluding carboxylic acids is 1. The van der Waals surface area contributed by atoms with Gasteiger partial charge in [-0.1, -0.05) is 35.1 Å². The molecular weight excluding hydrogens is 425 g/mol. The number of rotatable bonds is 3. The number of benzene rings is 3. The number of aromatic nitrogens is 2. The summed E-state index contributed by atoms with van der Waals surface area (Å²) in [5.41, 5.74) is 3.51. The van der Waals surface area contributed by atoms with Crippen molar-refractivity contribution >= 4 is 23.4 Å². The Labute approximate surface area is 188 Å². The molecule has 1 aliphatic carbocycles. The van der Waals surface area contributed by atoms with E-state index in [-0.39, 0.29) is 23.7 Å². The third kappa shape index (κ3) is 3.20. The van der Waals surface area contributed by atoms with Crippen molar-refractivity contribution in [3.63, 3.8) is 0 Å². The molecule has 4 aromatic rings. The van der Waals surface area contributed by atoms with Crippen molar-refractivity contribution in [2.45, 2.75) is 35.6 Å². The predicted molar refractivity (Wildman–Crippen MR) is 120 cm³/mol. The van der Waals surface area contributed by atoms with Crippen LogP contribution in [-0.2, 0) is 0 Å². The highest BCUT2D eigenvalue weighted by Crippen LogP contribution is 2.46. The van der Waals surface area contributed by atoms with E-state index < -0.39 is 0 Å². The maximum Gasteiger partial charge on any atom is 0.259 e. The molecule has 3 aromatic carbocycles. The second-order valence-electron chi connectivity index (χ2n) is 8.07. The van der Waals surface area contributed by atoms with Gasteiger partial charge in [-0.05, 0) is 67.8 Å². The van der Waals surface area contributed by atoms with Gasteiger partial charge in [0.15, 0.2) is 0 Å². The van der Waals surface area contributed by atoms with Crippen LogP contribution in [0.15, 0.2) is 75.0 Å². The third-order valence-electron chi connectivity index (χ3n) is 5.79. The van der Waals surface area contributed by atoms with E-state index in [0.717, 1.165) is 39.4 Å².